The average Bonchev–Trinajstić information content (AvgIpc) is 2.61. The second kappa shape index (κ2) is 7.31. The van der Waals surface area contributed by atoms with Crippen LogP contribution in [0.3, 0.4) is 0 Å². The molecule has 0 bridgehead atoms. The molecule has 0 spiro atoms. The molecule has 148 valence electrons. The van der Waals surface area contributed by atoms with Crippen molar-refractivity contribution in [3.05, 3.63) is 52.1 Å². The largest absolute Gasteiger partial charge is 0.426 e. The number of ether oxygens (including phenoxy) is 3. The van der Waals surface area contributed by atoms with Gasteiger partial charge in [0.25, 0.3) is 0 Å². The maximum atomic E-state index is 13.3. The Morgan fingerprint density at radius 1 is 0.724 bits per heavy atom. The Labute approximate surface area is 165 Å². The third-order valence-electron chi connectivity index (χ3n) is 4.20. The van der Waals surface area contributed by atoms with Crippen LogP contribution in [0.1, 0.15) is 58.2 Å². The molecule has 8 nitrogen and oxygen atoms in total. The number of carbonyl (C=O) groups excluding carboxylic acids is 5. The summed E-state index contributed by atoms with van der Waals surface area (Å²) in [6.07, 6.45) is 0. The maximum Gasteiger partial charge on any atom is 0.308 e. The van der Waals surface area contributed by atoms with Crippen molar-refractivity contribution in [2.75, 3.05) is 0 Å². The molecule has 0 saturated heterocycles. The van der Waals surface area contributed by atoms with Gasteiger partial charge in [-0.3, -0.25) is 24.0 Å². The van der Waals surface area contributed by atoms with E-state index in [0.717, 1.165) is 6.92 Å². The first-order valence-corrected chi connectivity index (χ1v) is 8.57. The maximum absolute atomic E-state index is 13.3. The van der Waals surface area contributed by atoms with Crippen LogP contribution in [-0.4, -0.2) is 29.5 Å². The van der Waals surface area contributed by atoms with Gasteiger partial charge in [-0.2, -0.15) is 0 Å². The molecule has 0 aromatic heterocycles. The molecule has 0 radical (unpaired) electrons. The normalized spacial score (nSPS) is 12.0. The summed E-state index contributed by atoms with van der Waals surface area (Å²) in [5, 5.41) is 0. The van der Waals surface area contributed by atoms with Crippen LogP contribution >= 0.6 is 0 Å². The van der Waals surface area contributed by atoms with Gasteiger partial charge < -0.3 is 14.2 Å². The predicted octanol–water partition coefficient (Wildman–Crippen LogP) is 2.55. The quantitative estimate of drug-likeness (QED) is 0.490. The molecule has 3 rings (SSSR count). The minimum absolute atomic E-state index is 0.00626. The van der Waals surface area contributed by atoms with Crippen molar-refractivity contribution in [1.82, 2.24) is 0 Å². The van der Waals surface area contributed by atoms with Crippen LogP contribution in [0.15, 0.2) is 24.3 Å². The van der Waals surface area contributed by atoms with E-state index in [1.165, 1.54) is 45.0 Å². The van der Waals surface area contributed by atoms with E-state index in [4.69, 9.17) is 14.2 Å². The topological polar surface area (TPSA) is 113 Å². The molecule has 0 saturated carbocycles. The number of ketones is 2. The van der Waals surface area contributed by atoms with Crippen molar-refractivity contribution in [3.8, 4) is 17.2 Å². The molecule has 0 atom stereocenters. The highest BCUT2D eigenvalue weighted by Gasteiger charge is 2.37. The van der Waals surface area contributed by atoms with E-state index in [1.807, 2.05) is 0 Å². The minimum atomic E-state index is -0.727. The number of hydrogen-bond acceptors (Lipinski definition) is 8. The summed E-state index contributed by atoms with van der Waals surface area (Å²) in [7, 11) is 0. The molecular weight excluding hydrogens is 380 g/mol. The van der Waals surface area contributed by atoms with Crippen LogP contribution in [-0.2, 0) is 14.4 Å². The van der Waals surface area contributed by atoms with E-state index >= 15 is 0 Å². The first-order chi connectivity index (χ1) is 13.6. The van der Waals surface area contributed by atoms with Gasteiger partial charge in [0.15, 0.2) is 5.78 Å². The van der Waals surface area contributed by atoms with Gasteiger partial charge in [0.1, 0.15) is 17.2 Å². The second-order valence-electron chi connectivity index (χ2n) is 6.37. The highest BCUT2D eigenvalue weighted by Crippen LogP contribution is 2.42. The number of rotatable bonds is 3. The lowest BCUT2D eigenvalue weighted by molar-refractivity contribution is -0.133. The molecule has 1 aliphatic carbocycles. The highest BCUT2D eigenvalue weighted by atomic mass is 16.5. The monoisotopic (exact) mass is 396 g/mol. The van der Waals surface area contributed by atoms with Gasteiger partial charge in [-0.15, -0.1) is 0 Å². The smallest absolute Gasteiger partial charge is 0.308 e. The van der Waals surface area contributed by atoms with Crippen molar-refractivity contribution >= 4 is 29.5 Å². The molecule has 0 fully saturated rings. The van der Waals surface area contributed by atoms with Gasteiger partial charge >= 0.3 is 17.9 Å². The lowest BCUT2D eigenvalue weighted by atomic mass is 9.82. The fourth-order valence-electron chi connectivity index (χ4n) is 3.13. The number of carbonyl (C=O) groups is 5. The zero-order valence-electron chi connectivity index (χ0n) is 16.1. The summed E-state index contributed by atoms with van der Waals surface area (Å²) in [5.74, 6) is -3.52. The van der Waals surface area contributed by atoms with Crippen LogP contribution in [0.4, 0.5) is 0 Å². The van der Waals surface area contributed by atoms with E-state index in [9.17, 15) is 24.0 Å². The van der Waals surface area contributed by atoms with Gasteiger partial charge in [0.05, 0.1) is 11.1 Å². The molecule has 0 N–H and O–H groups in total. The summed E-state index contributed by atoms with van der Waals surface area (Å²) >= 11 is 0. The number of benzene rings is 2. The molecule has 29 heavy (non-hydrogen) atoms. The van der Waals surface area contributed by atoms with Gasteiger partial charge in [0.2, 0.25) is 5.78 Å². The van der Waals surface area contributed by atoms with E-state index in [-0.39, 0.29) is 45.1 Å². The Bertz CT molecular complexity index is 1110. The van der Waals surface area contributed by atoms with Crippen molar-refractivity contribution in [1.29, 1.82) is 0 Å². The molecule has 2 aromatic carbocycles. The highest BCUT2D eigenvalue weighted by molar-refractivity contribution is 6.30. The van der Waals surface area contributed by atoms with Gasteiger partial charge in [0, 0.05) is 37.5 Å². The molecule has 0 aliphatic heterocycles. The van der Waals surface area contributed by atoms with Gasteiger partial charge in [-0.25, -0.2) is 0 Å². The molecule has 2 aromatic rings. The third kappa shape index (κ3) is 3.52. The van der Waals surface area contributed by atoms with Crippen molar-refractivity contribution in [2.45, 2.75) is 27.7 Å². The summed E-state index contributed by atoms with van der Waals surface area (Å²) in [4.78, 5) is 60.9. The summed E-state index contributed by atoms with van der Waals surface area (Å²) < 4.78 is 15.4. The zero-order chi connectivity index (χ0) is 21.5. The predicted molar refractivity (Wildman–Crippen MR) is 98.4 cm³/mol. The van der Waals surface area contributed by atoms with Crippen LogP contribution in [0.25, 0.3) is 0 Å². The molecule has 1 aliphatic rings. The Kier molecular flexibility index (Phi) is 5.02. The number of hydrogen-bond donors (Lipinski definition) is 0. The van der Waals surface area contributed by atoms with Crippen molar-refractivity contribution in [2.24, 2.45) is 0 Å². The van der Waals surface area contributed by atoms with Crippen molar-refractivity contribution in [3.63, 3.8) is 0 Å². The third-order valence-corrected chi connectivity index (χ3v) is 4.20. The summed E-state index contributed by atoms with van der Waals surface area (Å²) in [6.45, 7) is 4.97. The first-order valence-electron chi connectivity index (χ1n) is 8.57. The molecular formula is C21H16O8. The standard InChI is InChI=1S/C21H16O8/c1-9-16(28-11(3)23)8-14-18(21(9)29-12(4)24)20(26)17-13(19(14)25)6-5-7-15(17)27-10(2)22/h5-8H,1-4H3. The van der Waals surface area contributed by atoms with Crippen molar-refractivity contribution < 1.29 is 38.2 Å². The lowest BCUT2D eigenvalue weighted by Gasteiger charge is -2.23. The Hall–Kier alpha value is -3.81. The fraction of sp³-hybridized carbons (Fsp3) is 0.190. The SMILES string of the molecule is CC(=O)Oc1cc2c(c(OC(C)=O)c1C)C(=O)c1c(OC(C)=O)cccc1C2=O. The molecule has 0 heterocycles. The minimum Gasteiger partial charge on any atom is -0.426 e. The fourth-order valence-corrected chi connectivity index (χ4v) is 3.13. The summed E-state index contributed by atoms with van der Waals surface area (Å²) in [5.41, 5.74) is -0.129. The number of fused-ring (bicyclic) bond motifs is 2. The van der Waals surface area contributed by atoms with Crippen LogP contribution < -0.4 is 14.2 Å². The molecule has 8 heteroatoms. The first kappa shape index (κ1) is 19.9. The Balaban J connectivity index is 2.32. The van der Waals surface area contributed by atoms with Crippen LogP contribution in [0, 0.1) is 6.92 Å². The number of esters is 3. The summed E-state index contributed by atoms with van der Waals surface area (Å²) in [6, 6.07) is 5.55. The second-order valence-corrected chi connectivity index (χ2v) is 6.37. The lowest BCUT2D eigenvalue weighted by Crippen LogP contribution is -2.25. The van der Waals surface area contributed by atoms with E-state index < -0.39 is 29.5 Å². The molecule has 0 amide bonds. The Morgan fingerprint density at radius 2 is 1.31 bits per heavy atom. The van der Waals surface area contributed by atoms with Gasteiger partial charge in [-0.05, 0) is 19.1 Å². The van der Waals surface area contributed by atoms with Gasteiger partial charge in [-0.1, -0.05) is 12.1 Å². The zero-order valence-corrected chi connectivity index (χ0v) is 16.1. The van der Waals surface area contributed by atoms with Crippen LogP contribution in [0.5, 0.6) is 17.2 Å². The Morgan fingerprint density at radius 3 is 1.90 bits per heavy atom. The van der Waals surface area contributed by atoms with E-state index in [2.05, 4.69) is 0 Å². The van der Waals surface area contributed by atoms with Crippen LogP contribution in [0.2, 0.25) is 0 Å². The van der Waals surface area contributed by atoms with E-state index in [1.54, 1.807) is 0 Å². The average molecular weight is 396 g/mol. The molecule has 0 unspecified atom stereocenters. The van der Waals surface area contributed by atoms with E-state index in [0.29, 0.717) is 0 Å².